The highest BCUT2D eigenvalue weighted by atomic mass is 16.5. The summed E-state index contributed by atoms with van der Waals surface area (Å²) in [5.41, 5.74) is 7.43. The van der Waals surface area contributed by atoms with Gasteiger partial charge in [-0.1, -0.05) is 24.3 Å². The summed E-state index contributed by atoms with van der Waals surface area (Å²) in [4.78, 5) is 24.2. The fourth-order valence-electron chi connectivity index (χ4n) is 3.54. The lowest BCUT2D eigenvalue weighted by molar-refractivity contribution is -0.135. The van der Waals surface area contributed by atoms with Gasteiger partial charge in [0, 0.05) is 25.7 Å². The number of benzene rings is 1. The number of hydrogen-bond acceptors (Lipinski definition) is 4. The van der Waals surface area contributed by atoms with Crippen molar-refractivity contribution in [3.8, 4) is 0 Å². The van der Waals surface area contributed by atoms with Crippen molar-refractivity contribution in [2.45, 2.75) is 37.8 Å². The Morgan fingerprint density at radius 1 is 1.21 bits per heavy atom. The van der Waals surface area contributed by atoms with Crippen LogP contribution in [0.1, 0.15) is 36.5 Å². The molecule has 0 radical (unpaired) electrons. The van der Waals surface area contributed by atoms with E-state index in [-0.39, 0.29) is 24.3 Å². The molecule has 2 aliphatic rings. The lowest BCUT2D eigenvalue weighted by atomic mass is 9.89. The number of carbonyl (C=O) groups is 2. The maximum atomic E-state index is 12.8. The van der Waals surface area contributed by atoms with E-state index in [9.17, 15) is 9.59 Å². The molecule has 0 saturated carbocycles. The zero-order valence-corrected chi connectivity index (χ0v) is 13.7. The van der Waals surface area contributed by atoms with E-state index in [0.717, 1.165) is 30.4 Å². The molecule has 3 N–H and O–H groups in total. The van der Waals surface area contributed by atoms with Crippen LogP contribution < -0.4 is 11.1 Å². The van der Waals surface area contributed by atoms with Gasteiger partial charge in [-0.05, 0) is 36.3 Å². The van der Waals surface area contributed by atoms with E-state index in [1.54, 1.807) is 0 Å². The normalized spacial score (nSPS) is 22.4. The molecule has 0 spiro atoms. The molecule has 2 atom stereocenters. The SMILES string of the molecule is NC(=O)CC(NC(=O)C1OCCc2ccccc21)C1CCOCC1. The summed E-state index contributed by atoms with van der Waals surface area (Å²) in [5.74, 6) is -0.398. The quantitative estimate of drug-likeness (QED) is 0.844. The first-order valence-electron chi connectivity index (χ1n) is 8.51. The van der Waals surface area contributed by atoms with Gasteiger partial charge >= 0.3 is 0 Å². The van der Waals surface area contributed by atoms with Crippen LogP contribution in [-0.2, 0) is 25.5 Å². The molecule has 0 aliphatic carbocycles. The molecule has 0 aromatic heterocycles. The molecule has 24 heavy (non-hydrogen) atoms. The van der Waals surface area contributed by atoms with Gasteiger partial charge in [0.05, 0.1) is 6.61 Å². The number of nitrogens with two attached hydrogens (primary N) is 1. The average Bonchev–Trinajstić information content (AvgIpc) is 2.61. The average molecular weight is 332 g/mol. The van der Waals surface area contributed by atoms with E-state index in [1.165, 1.54) is 0 Å². The Bertz CT molecular complexity index is 598. The van der Waals surface area contributed by atoms with Crippen molar-refractivity contribution >= 4 is 11.8 Å². The van der Waals surface area contributed by atoms with Crippen LogP contribution in [0.2, 0.25) is 0 Å². The third-order valence-corrected chi connectivity index (χ3v) is 4.82. The van der Waals surface area contributed by atoms with Crippen molar-refractivity contribution in [3.05, 3.63) is 35.4 Å². The van der Waals surface area contributed by atoms with Gasteiger partial charge in [-0.15, -0.1) is 0 Å². The molecule has 0 bridgehead atoms. The summed E-state index contributed by atoms with van der Waals surface area (Å²) >= 11 is 0. The molecule has 1 aromatic rings. The Morgan fingerprint density at radius 2 is 1.96 bits per heavy atom. The van der Waals surface area contributed by atoms with Gasteiger partial charge in [0.15, 0.2) is 6.10 Å². The fourth-order valence-corrected chi connectivity index (χ4v) is 3.54. The summed E-state index contributed by atoms with van der Waals surface area (Å²) < 4.78 is 11.1. The standard InChI is InChI=1S/C18H24N2O4/c19-16(21)11-15(13-5-8-23-9-6-13)20-18(22)17-14-4-2-1-3-12(14)7-10-24-17/h1-4,13,15,17H,5-11H2,(H2,19,21)(H,20,22). The van der Waals surface area contributed by atoms with Gasteiger partial charge in [0.1, 0.15) is 0 Å². The van der Waals surface area contributed by atoms with Crippen molar-refractivity contribution in [3.63, 3.8) is 0 Å². The molecule has 1 aromatic carbocycles. The highest BCUT2D eigenvalue weighted by Crippen LogP contribution is 2.28. The summed E-state index contributed by atoms with van der Waals surface area (Å²) in [6.45, 7) is 1.82. The van der Waals surface area contributed by atoms with Crippen LogP contribution in [0.3, 0.4) is 0 Å². The lowest BCUT2D eigenvalue weighted by Crippen LogP contribution is -2.47. The Kier molecular flexibility index (Phi) is 5.48. The van der Waals surface area contributed by atoms with Crippen molar-refractivity contribution < 1.29 is 19.1 Å². The van der Waals surface area contributed by atoms with Crippen LogP contribution in [-0.4, -0.2) is 37.7 Å². The Labute approximate surface area is 141 Å². The monoisotopic (exact) mass is 332 g/mol. The molecule has 2 aliphatic heterocycles. The number of amides is 2. The largest absolute Gasteiger partial charge is 0.381 e. The molecule has 3 rings (SSSR count). The van der Waals surface area contributed by atoms with Crippen LogP contribution in [0, 0.1) is 5.92 Å². The van der Waals surface area contributed by atoms with Gasteiger partial charge < -0.3 is 20.5 Å². The summed E-state index contributed by atoms with van der Waals surface area (Å²) in [7, 11) is 0. The first kappa shape index (κ1) is 16.9. The molecular formula is C18H24N2O4. The second-order valence-corrected chi connectivity index (χ2v) is 6.43. The first-order valence-corrected chi connectivity index (χ1v) is 8.51. The molecule has 2 amide bonds. The van der Waals surface area contributed by atoms with Gasteiger partial charge in [-0.2, -0.15) is 0 Å². The van der Waals surface area contributed by atoms with Gasteiger partial charge in [-0.25, -0.2) is 0 Å². The minimum Gasteiger partial charge on any atom is -0.381 e. The van der Waals surface area contributed by atoms with Crippen LogP contribution in [0.5, 0.6) is 0 Å². The molecule has 6 heteroatoms. The Balaban J connectivity index is 1.72. The van der Waals surface area contributed by atoms with E-state index >= 15 is 0 Å². The zero-order chi connectivity index (χ0) is 16.9. The highest BCUT2D eigenvalue weighted by molar-refractivity contribution is 5.84. The predicted molar refractivity (Wildman–Crippen MR) is 88.1 cm³/mol. The smallest absolute Gasteiger partial charge is 0.254 e. The lowest BCUT2D eigenvalue weighted by Gasteiger charge is -2.32. The number of primary amides is 1. The highest BCUT2D eigenvalue weighted by Gasteiger charge is 2.32. The van der Waals surface area contributed by atoms with E-state index < -0.39 is 12.0 Å². The Morgan fingerprint density at radius 3 is 2.71 bits per heavy atom. The minimum atomic E-state index is -0.620. The van der Waals surface area contributed by atoms with Crippen LogP contribution in [0.4, 0.5) is 0 Å². The predicted octanol–water partition coefficient (Wildman–Crippen LogP) is 1.09. The van der Waals surface area contributed by atoms with E-state index in [0.29, 0.717) is 19.8 Å². The first-order chi connectivity index (χ1) is 11.6. The minimum absolute atomic E-state index is 0.144. The molecule has 1 fully saturated rings. The second-order valence-electron chi connectivity index (χ2n) is 6.43. The van der Waals surface area contributed by atoms with Crippen LogP contribution >= 0.6 is 0 Å². The number of ether oxygens (including phenoxy) is 2. The number of fused-ring (bicyclic) bond motifs is 1. The molecular weight excluding hydrogens is 308 g/mol. The van der Waals surface area contributed by atoms with E-state index in [4.69, 9.17) is 15.2 Å². The topological polar surface area (TPSA) is 90.7 Å². The fraction of sp³-hybridized carbons (Fsp3) is 0.556. The summed E-state index contributed by atoms with van der Waals surface area (Å²) in [6, 6.07) is 7.56. The van der Waals surface area contributed by atoms with Crippen molar-refractivity contribution in [1.82, 2.24) is 5.32 Å². The molecule has 6 nitrogen and oxygen atoms in total. The van der Waals surface area contributed by atoms with Gasteiger partial charge in [0.2, 0.25) is 5.91 Å². The maximum Gasteiger partial charge on any atom is 0.254 e. The third-order valence-electron chi connectivity index (χ3n) is 4.82. The molecule has 2 unspecified atom stereocenters. The summed E-state index contributed by atoms with van der Waals surface area (Å²) in [5, 5.41) is 3.01. The summed E-state index contributed by atoms with van der Waals surface area (Å²) in [6.07, 6.45) is 1.97. The molecule has 1 saturated heterocycles. The van der Waals surface area contributed by atoms with Crippen molar-refractivity contribution in [2.24, 2.45) is 11.7 Å². The Hall–Kier alpha value is -1.92. The second kappa shape index (κ2) is 7.77. The molecule has 2 heterocycles. The van der Waals surface area contributed by atoms with Crippen LogP contribution in [0.25, 0.3) is 0 Å². The van der Waals surface area contributed by atoms with Crippen molar-refractivity contribution in [1.29, 1.82) is 0 Å². The van der Waals surface area contributed by atoms with Gasteiger partial charge in [-0.3, -0.25) is 9.59 Å². The third kappa shape index (κ3) is 3.94. The number of hydrogen-bond donors (Lipinski definition) is 2. The van der Waals surface area contributed by atoms with Crippen LogP contribution in [0.15, 0.2) is 24.3 Å². The maximum absolute atomic E-state index is 12.8. The van der Waals surface area contributed by atoms with Crippen molar-refractivity contribution in [2.75, 3.05) is 19.8 Å². The number of rotatable bonds is 5. The van der Waals surface area contributed by atoms with E-state index in [2.05, 4.69) is 5.32 Å². The van der Waals surface area contributed by atoms with Gasteiger partial charge in [0.25, 0.3) is 5.91 Å². The number of carbonyl (C=O) groups excluding carboxylic acids is 2. The number of nitrogens with one attached hydrogen (secondary N) is 1. The zero-order valence-electron chi connectivity index (χ0n) is 13.7. The molecule has 130 valence electrons. The van der Waals surface area contributed by atoms with E-state index in [1.807, 2.05) is 24.3 Å².